The largest absolute Gasteiger partial charge is 0.353 e. The number of ether oxygens (including phenoxy) is 2. The molecular weight excluding hydrogens is 292 g/mol. The lowest BCUT2D eigenvalue weighted by molar-refractivity contribution is -0.159. The fourth-order valence-corrected chi connectivity index (χ4v) is 3.07. The van der Waals surface area contributed by atoms with E-state index >= 15 is 0 Å². The second kappa shape index (κ2) is 6.69. The molecule has 1 aromatic rings. The van der Waals surface area contributed by atoms with Gasteiger partial charge in [-0.2, -0.15) is 0 Å². The third kappa shape index (κ3) is 3.34. The Labute approximate surface area is 118 Å². The first-order chi connectivity index (χ1) is 8.72. The van der Waals surface area contributed by atoms with Crippen molar-refractivity contribution in [2.24, 2.45) is 0 Å². The molecule has 0 N–H and O–H groups in total. The van der Waals surface area contributed by atoms with Gasteiger partial charge in [0.15, 0.2) is 6.29 Å². The zero-order valence-corrected chi connectivity index (χ0v) is 12.7. The lowest BCUT2D eigenvalue weighted by atomic mass is 10.1. The van der Waals surface area contributed by atoms with Crippen molar-refractivity contribution in [1.82, 2.24) is 0 Å². The minimum atomic E-state index is -0.146. The highest BCUT2D eigenvalue weighted by molar-refractivity contribution is 9.09. The maximum absolute atomic E-state index is 6.03. The molecule has 0 aromatic heterocycles. The molecule has 0 amide bonds. The van der Waals surface area contributed by atoms with Gasteiger partial charge in [0.2, 0.25) is 0 Å². The molecule has 0 saturated carbocycles. The van der Waals surface area contributed by atoms with Crippen LogP contribution in [0.3, 0.4) is 0 Å². The predicted molar refractivity (Wildman–Crippen MR) is 77.0 cm³/mol. The van der Waals surface area contributed by atoms with E-state index in [0.29, 0.717) is 4.83 Å². The van der Waals surface area contributed by atoms with Gasteiger partial charge >= 0.3 is 0 Å². The van der Waals surface area contributed by atoms with Gasteiger partial charge in [-0.1, -0.05) is 53.5 Å². The van der Waals surface area contributed by atoms with Gasteiger partial charge in [0.1, 0.15) is 0 Å². The topological polar surface area (TPSA) is 18.5 Å². The van der Waals surface area contributed by atoms with Crippen molar-refractivity contribution < 1.29 is 9.47 Å². The molecule has 18 heavy (non-hydrogen) atoms. The molecule has 1 aromatic carbocycles. The number of alkyl halides is 1. The summed E-state index contributed by atoms with van der Waals surface area (Å²) in [5, 5.41) is 0. The minimum Gasteiger partial charge on any atom is -0.353 e. The molecule has 0 fully saturated rings. The van der Waals surface area contributed by atoms with Crippen LogP contribution in [-0.4, -0.2) is 17.7 Å². The Balaban J connectivity index is 1.93. The van der Waals surface area contributed by atoms with E-state index in [0.717, 1.165) is 25.9 Å². The van der Waals surface area contributed by atoms with Gasteiger partial charge in [0.25, 0.3) is 0 Å². The highest BCUT2D eigenvalue weighted by atomic mass is 79.9. The van der Waals surface area contributed by atoms with E-state index in [1.807, 2.05) is 6.92 Å². The normalized spacial score (nSPS) is 23.9. The summed E-state index contributed by atoms with van der Waals surface area (Å²) in [6, 6.07) is 8.49. The summed E-state index contributed by atoms with van der Waals surface area (Å²) in [5.74, 6) is 0. The highest BCUT2D eigenvalue weighted by Gasteiger charge is 2.32. The van der Waals surface area contributed by atoms with Gasteiger partial charge in [-0.3, -0.25) is 0 Å². The Kier molecular flexibility index (Phi) is 5.22. The summed E-state index contributed by atoms with van der Waals surface area (Å²) in [6.45, 7) is 4.92. The Bertz CT molecular complexity index is 381. The van der Waals surface area contributed by atoms with Crippen molar-refractivity contribution in [2.45, 2.75) is 50.3 Å². The van der Waals surface area contributed by atoms with Gasteiger partial charge in [-0.25, -0.2) is 0 Å². The van der Waals surface area contributed by atoms with E-state index in [2.05, 4.69) is 47.1 Å². The van der Waals surface area contributed by atoms with Gasteiger partial charge < -0.3 is 9.47 Å². The number of hydrogen-bond donors (Lipinski definition) is 0. The van der Waals surface area contributed by atoms with Crippen LogP contribution in [0.25, 0.3) is 0 Å². The van der Waals surface area contributed by atoms with E-state index in [4.69, 9.17) is 9.47 Å². The molecule has 0 radical (unpaired) electrons. The molecule has 1 aliphatic carbocycles. The predicted octanol–water partition coefficient (Wildman–Crippen LogP) is 4.23. The van der Waals surface area contributed by atoms with Crippen LogP contribution in [0.1, 0.15) is 43.9 Å². The standard InChI is InChI=1S/C15H21BrO2/c1-3-4-9-17-11(2)18-15-13-8-6-5-7-12(13)10-14(15)16/h5-8,11,14-15H,3-4,9-10H2,1-2H3. The molecule has 3 unspecified atom stereocenters. The summed E-state index contributed by atoms with van der Waals surface area (Å²) in [7, 11) is 0. The van der Waals surface area contributed by atoms with Crippen LogP contribution in [0.4, 0.5) is 0 Å². The molecule has 1 aliphatic rings. The molecule has 2 nitrogen and oxygen atoms in total. The van der Waals surface area contributed by atoms with Crippen molar-refractivity contribution in [1.29, 1.82) is 0 Å². The van der Waals surface area contributed by atoms with E-state index in [1.165, 1.54) is 11.1 Å². The van der Waals surface area contributed by atoms with Crippen molar-refractivity contribution in [3.8, 4) is 0 Å². The van der Waals surface area contributed by atoms with Crippen LogP contribution in [0.2, 0.25) is 0 Å². The lowest BCUT2D eigenvalue weighted by Crippen LogP contribution is -2.20. The summed E-state index contributed by atoms with van der Waals surface area (Å²) in [6.07, 6.45) is 3.24. The zero-order valence-electron chi connectivity index (χ0n) is 11.1. The van der Waals surface area contributed by atoms with Gasteiger partial charge in [-0.15, -0.1) is 0 Å². The first-order valence-corrected chi connectivity index (χ1v) is 7.63. The second-order valence-corrected chi connectivity index (χ2v) is 5.94. The fourth-order valence-electron chi connectivity index (χ4n) is 2.31. The summed E-state index contributed by atoms with van der Waals surface area (Å²) >= 11 is 3.72. The Morgan fingerprint density at radius 2 is 2.17 bits per heavy atom. The Morgan fingerprint density at radius 3 is 2.94 bits per heavy atom. The molecule has 3 atom stereocenters. The average Bonchev–Trinajstić information content (AvgIpc) is 2.67. The molecule has 0 saturated heterocycles. The van der Waals surface area contributed by atoms with Crippen LogP contribution in [0.15, 0.2) is 24.3 Å². The minimum absolute atomic E-state index is 0.109. The van der Waals surface area contributed by atoms with E-state index < -0.39 is 0 Å². The van der Waals surface area contributed by atoms with Crippen molar-refractivity contribution in [3.63, 3.8) is 0 Å². The number of unbranched alkanes of at least 4 members (excludes halogenated alkanes) is 1. The maximum atomic E-state index is 6.03. The van der Waals surface area contributed by atoms with Crippen LogP contribution >= 0.6 is 15.9 Å². The SMILES string of the molecule is CCCCOC(C)OC1c2ccccc2CC1Br. The Hall–Kier alpha value is -0.380. The number of halogens is 1. The molecule has 0 heterocycles. The maximum Gasteiger partial charge on any atom is 0.155 e. The summed E-state index contributed by atoms with van der Waals surface area (Å²) < 4.78 is 11.7. The molecule has 2 rings (SSSR count). The first kappa shape index (κ1) is 14.0. The second-order valence-electron chi connectivity index (χ2n) is 4.77. The third-order valence-electron chi connectivity index (χ3n) is 3.29. The molecule has 0 spiro atoms. The molecule has 100 valence electrons. The highest BCUT2D eigenvalue weighted by Crippen LogP contribution is 2.39. The quantitative estimate of drug-likeness (QED) is 0.444. The average molecular weight is 313 g/mol. The van der Waals surface area contributed by atoms with Crippen LogP contribution in [0.5, 0.6) is 0 Å². The van der Waals surface area contributed by atoms with E-state index in [9.17, 15) is 0 Å². The van der Waals surface area contributed by atoms with Gasteiger partial charge in [0.05, 0.1) is 6.10 Å². The first-order valence-electron chi connectivity index (χ1n) is 6.71. The lowest BCUT2D eigenvalue weighted by Gasteiger charge is -2.22. The summed E-state index contributed by atoms with van der Waals surface area (Å²) in [4.78, 5) is 0.354. The van der Waals surface area contributed by atoms with Crippen molar-refractivity contribution in [2.75, 3.05) is 6.61 Å². The van der Waals surface area contributed by atoms with Crippen LogP contribution < -0.4 is 0 Å². The van der Waals surface area contributed by atoms with Crippen molar-refractivity contribution in [3.05, 3.63) is 35.4 Å². The fraction of sp³-hybridized carbons (Fsp3) is 0.600. The van der Waals surface area contributed by atoms with Crippen LogP contribution in [-0.2, 0) is 15.9 Å². The number of fused-ring (bicyclic) bond motifs is 1. The Morgan fingerprint density at radius 1 is 1.39 bits per heavy atom. The smallest absolute Gasteiger partial charge is 0.155 e. The number of hydrogen-bond acceptors (Lipinski definition) is 2. The molecule has 0 bridgehead atoms. The van der Waals surface area contributed by atoms with E-state index in [1.54, 1.807) is 0 Å². The monoisotopic (exact) mass is 312 g/mol. The van der Waals surface area contributed by atoms with Gasteiger partial charge in [0, 0.05) is 11.4 Å². The number of rotatable bonds is 6. The zero-order chi connectivity index (χ0) is 13.0. The molecule has 0 aliphatic heterocycles. The summed E-state index contributed by atoms with van der Waals surface area (Å²) in [5.41, 5.74) is 2.68. The third-order valence-corrected chi connectivity index (χ3v) is 4.10. The van der Waals surface area contributed by atoms with Gasteiger partial charge in [-0.05, 0) is 30.9 Å². The van der Waals surface area contributed by atoms with Crippen LogP contribution in [0, 0.1) is 0 Å². The van der Waals surface area contributed by atoms with Crippen molar-refractivity contribution >= 4 is 15.9 Å². The number of benzene rings is 1. The van der Waals surface area contributed by atoms with E-state index in [-0.39, 0.29) is 12.4 Å². The molecule has 3 heteroatoms. The molecular formula is C15H21BrO2.